The highest BCUT2D eigenvalue weighted by atomic mass is 32.2. The minimum atomic E-state index is -3.53. The van der Waals surface area contributed by atoms with Gasteiger partial charge in [0.05, 0.1) is 5.69 Å². The zero-order valence-electron chi connectivity index (χ0n) is 10.8. The van der Waals surface area contributed by atoms with Gasteiger partial charge >= 0.3 is 0 Å². The van der Waals surface area contributed by atoms with Gasteiger partial charge in [-0.25, -0.2) is 18.1 Å². The summed E-state index contributed by atoms with van der Waals surface area (Å²) in [5.41, 5.74) is 6.83. The van der Waals surface area contributed by atoms with Crippen molar-refractivity contribution in [3.8, 4) is 5.69 Å². The van der Waals surface area contributed by atoms with E-state index in [1.165, 1.54) is 13.1 Å². The highest BCUT2D eigenvalue weighted by molar-refractivity contribution is 7.89. The number of hydrogen-bond donors (Lipinski definition) is 2. The van der Waals surface area contributed by atoms with E-state index in [0.717, 1.165) is 17.9 Å². The third-order valence-electron chi connectivity index (χ3n) is 2.86. The molecule has 1 aromatic carbocycles. The minimum Gasteiger partial charge on any atom is -0.398 e. The molecule has 2 aromatic rings. The van der Waals surface area contributed by atoms with Crippen molar-refractivity contribution in [3.63, 3.8) is 0 Å². The molecule has 19 heavy (non-hydrogen) atoms. The predicted molar refractivity (Wildman–Crippen MR) is 73.6 cm³/mol. The average Bonchev–Trinajstić information content (AvgIpc) is 2.86. The van der Waals surface area contributed by atoms with Crippen molar-refractivity contribution in [3.05, 3.63) is 36.4 Å². The first-order valence-corrected chi connectivity index (χ1v) is 7.33. The summed E-state index contributed by atoms with van der Waals surface area (Å²) in [5, 5.41) is 0. The van der Waals surface area contributed by atoms with Crippen molar-refractivity contribution >= 4 is 15.7 Å². The maximum absolute atomic E-state index is 11.7. The van der Waals surface area contributed by atoms with E-state index in [-0.39, 0.29) is 10.6 Å². The number of rotatable bonds is 4. The highest BCUT2D eigenvalue weighted by Crippen LogP contribution is 2.22. The van der Waals surface area contributed by atoms with Crippen LogP contribution in [0.15, 0.2) is 35.5 Å². The molecule has 7 heteroatoms. The van der Waals surface area contributed by atoms with Crippen molar-refractivity contribution in [2.24, 2.45) is 0 Å². The second-order valence-electron chi connectivity index (χ2n) is 4.00. The molecule has 0 aliphatic heterocycles. The van der Waals surface area contributed by atoms with Gasteiger partial charge in [0.1, 0.15) is 10.7 Å². The summed E-state index contributed by atoms with van der Waals surface area (Å²) < 4.78 is 27.6. The van der Waals surface area contributed by atoms with E-state index < -0.39 is 10.0 Å². The van der Waals surface area contributed by atoms with Gasteiger partial charge in [0.2, 0.25) is 10.0 Å². The Hall–Kier alpha value is -1.86. The fourth-order valence-electron chi connectivity index (χ4n) is 1.87. The Bertz CT molecular complexity index is 692. The highest BCUT2D eigenvalue weighted by Gasteiger charge is 2.16. The summed E-state index contributed by atoms with van der Waals surface area (Å²) in [6, 6.07) is 4.84. The zero-order valence-corrected chi connectivity index (χ0v) is 11.6. The van der Waals surface area contributed by atoms with E-state index in [9.17, 15) is 8.42 Å². The molecule has 1 aromatic heterocycles. The molecular formula is C12H16N4O2S. The van der Waals surface area contributed by atoms with E-state index in [1.54, 1.807) is 18.3 Å². The van der Waals surface area contributed by atoms with Crippen LogP contribution in [-0.4, -0.2) is 25.0 Å². The SMILES string of the molecule is CCc1nccn1-c1ccc(S(=O)(=O)NC)c(N)c1. The molecular weight excluding hydrogens is 264 g/mol. The lowest BCUT2D eigenvalue weighted by molar-refractivity contribution is 0.588. The molecule has 0 atom stereocenters. The van der Waals surface area contributed by atoms with E-state index in [1.807, 2.05) is 17.7 Å². The molecule has 1 heterocycles. The lowest BCUT2D eigenvalue weighted by atomic mass is 10.2. The lowest BCUT2D eigenvalue weighted by Gasteiger charge is -2.10. The maximum atomic E-state index is 11.7. The number of anilines is 1. The predicted octanol–water partition coefficient (Wildman–Crippen LogP) is 0.925. The van der Waals surface area contributed by atoms with E-state index >= 15 is 0 Å². The summed E-state index contributed by atoms with van der Waals surface area (Å²) >= 11 is 0. The Morgan fingerprint density at radius 2 is 2.16 bits per heavy atom. The largest absolute Gasteiger partial charge is 0.398 e. The van der Waals surface area contributed by atoms with Crippen molar-refractivity contribution in [2.45, 2.75) is 18.2 Å². The van der Waals surface area contributed by atoms with Gasteiger partial charge < -0.3 is 10.3 Å². The molecule has 0 aliphatic rings. The molecule has 0 unspecified atom stereocenters. The van der Waals surface area contributed by atoms with E-state index in [2.05, 4.69) is 9.71 Å². The minimum absolute atomic E-state index is 0.0805. The smallest absolute Gasteiger partial charge is 0.242 e. The fraction of sp³-hybridized carbons (Fsp3) is 0.250. The van der Waals surface area contributed by atoms with Gasteiger partial charge in [-0.3, -0.25) is 0 Å². The second-order valence-corrected chi connectivity index (χ2v) is 5.85. The second kappa shape index (κ2) is 5.02. The number of imidazole rings is 1. The Balaban J connectivity index is 2.51. The molecule has 102 valence electrons. The first-order chi connectivity index (χ1) is 8.99. The number of nitrogen functional groups attached to an aromatic ring is 1. The molecule has 0 bridgehead atoms. The van der Waals surface area contributed by atoms with Gasteiger partial charge in [0, 0.05) is 24.5 Å². The van der Waals surface area contributed by atoms with Crippen LogP contribution >= 0.6 is 0 Å². The van der Waals surface area contributed by atoms with Crippen molar-refractivity contribution in [1.29, 1.82) is 0 Å². The Morgan fingerprint density at radius 3 is 2.74 bits per heavy atom. The summed E-state index contributed by atoms with van der Waals surface area (Å²) in [5.74, 6) is 0.892. The molecule has 0 amide bonds. The van der Waals surface area contributed by atoms with Crippen LogP contribution < -0.4 is 10.5 Å². The maximum Gasteiger partial charge on any atom is 0.242 e. The van der Waals surface area contributed by atoms with Crippen LogP contribution in [-0.2, 0) is 16.4 Å². The van der Waals surface area contributed by atoms with Crippen LogP contribution in [0.1, 0.15) is 12.7 Å². The summed E-state index contributed by atoms with van der Waals surface area (Å²) in [6.07, 6.45) is 4.30. The third-order valence-corrected chi connectivity index (χ3v) is 4.35. The molecule has 3 N–H and O–H groups in total. The Kier molecular flexibility index (Phi) is 3.59. The van der Waals surface area contributed by atoms with Crippen LogP contribution in [0.3, 0.4) is 0 Å². The number of sulfonamides is 1. The van der Waals surface area contributed by atoms with Gasteiger partial charge in [-0.2, -0.15) is 0 Å². The molecule has 0 saturated heterocycles. The quantitative estimate of drug-likeness (QED) is 0.815. The van der Waals surface area contributed by atoms with Crippen LogP contribution in [0.25, 0.3) is 5.69 Å². The van der Waals surface area contributed by atoms with E-state index in [0.29, 0.717) is 0 Å². The fourth-order valence-corrected chi connectivity index (χ4v) is 2.71. The van der Waals surface area contributed by atoms with Crippen molar-refractivity contribution < 1.29 is 8.42 Å². The Morgan fingerprint density at radius 1 is 1.42 bits per heavy atom. The molecule has 0 saturated carbocycles. The van der Waals surface area contributed by atoms with Crippen LogP contribution in [0.5, 0.6) is 0 Å². The van der Waals surface area contributed by atoms with Crippen LogP contribution in [0.2, 0.25) is 0 Å². The van der Waals surface area contributed by atoms with Gasteiger partial charge in [0.25, 0.3) is 0 Å². The van der Waals surface area contributed by atoms with Crippen molar-refractivity contribution in [2.75, 3.05) is 12.8 Å². The first-order valence-electron chi connectivity index (χ1n) is 5.85. The number of nitrogens with zero attached hydrogens (tertiary/aromatic N) is 2. The number of nitrogens with two attached hydrogens (primary N) is 1. The zero-order chi connectivity index (χ0) is 14.0. The number of nitrogens with one attached hydrogen (secondary N) is 1. The molecule has 0 fully saturated rings. The topological polar surface area (TPSA) is 90.0 Å². The summed E-state index contributed by atoms with van der Waals surface area (Å²) in [4.78, 5) is 4.30. The third kappa shape index (κ3) is 2.47. The van der Waals surface area contributed by atoms with Crippen LogP contribution in [0, 0.1) is 0 Å². The molecule has 0 radical (unpaired) electrons. The van der Waals surface area contributed by atoms with E-state index in [4.69, 9.17) is 5.73 Å². The van der Waals surface area contributed by atoms with Gasteiger partial charge in [-0.1, -0.05) is 6.92 Å². The van der Waals surface area contributed by atoms with Gasteiger partial charge in [-0.05, 0) is 25.2 Å². The normalized spacial score (nSPS) is 11.7. The number of aryl methyl sites for hydroxylation is 1. The molecule has 0 aliphatic carbocycles. The van der Waals surface area contributed by atoms with Crippen molar-refractivity contribution in [1.82, 2.24) is 14.3 Å². The lowest BCUT2D eigenvalue weighted by Crippen LogP contribution is -2.20. The summed E-state index contributed by atoms with van der Waals surface area (Å²) in [6.45, 7) is 2.00. The number of aromatic nitrogens is 2. The van der Waals surface area contributed by atoms with Crippen LogP contribution in [0.4, 0.5) is 5.69 Å². The number of hydrogen-bond acceptors (Lipinski definition) is 4. The first kappa shape index (κ1) is 13.6. The average molecular weight is 280 g/mol. The monoisotopic (exact) mass is 280 g/mol. The molecule has 6 nitrogen and oxygen atoms in total. The van der Waals surface area contributed by atoms with Gasteiger partial charge in [-0.15, -0.1) is 0 Å². The Labute approximate surface area is 112 Å². The van der Waals surface area contributed by atoms with Gasteiger partial charge in [0.15, 0.2) is 0 Å². The summed E-state index contributed by atoms with van der Waals surface area (Å²) in [7, 11) is -2.18. The molecule has 2 rings (SSSR count). The number of benzene rings is 1. The standard InChI is InChI=1S/C12H16N4O2S/c1-3-12-15-6-7-16(12)9-4-5-11(10(13)8-9)19(17,18)14-2/h4-8,14H,3,13H2,1-2H3. The molecule has 0 spiro atoms.